The standard InChI is InChI=1S/C25H29N3O2/c29-24-12-6-5-11-22(24)23-13-14-25(30)28(26-23)17-8-2-1-7-16-27-18-15-20-9-3-4-10-21(20)19-27/h3-6,9-14,29H,1-2,7-8,15-19H2. The van der Waals surface area contributed by atoms with Crippen molar-refractivity contribution in [2.45, 2.75) is 45.2 Å². The molecular weight excluding hydrogens is 374 g/mol. The Balaban J connectivity index is 1.22. The maximum absolute atomic E-state index is 12.1. The molecule has 1 aliphatic rings. The third-order valence-electron chi connectivity index (χ3n) is 5.85. The number of aromatic hydroxyl groups is 1. The molecule has 1 aliphatic heterocycles. The zero-order chi connectivity index (χ0) is 20.8. The van der Waals surface area contributed by atoms with Crippen LogP contribution in [-0.2, 0) is 19.5 Å². The van der Waals surface area contributed by atoms with E-state index in [2.05, 4.69) is 34.3 Å². The second-order valence-electron chi connectivity index (χ2n) is 8.01. The monoisotopic (exact) mass is 403 g/mol. The first-order valence-electron chi connectivity index (χ1n) is 10.9. The molecule has 2 heterocycles. The van der Waals surface area contributed by atoms with Gasteiger partial charge in [-0.3, -0.25) is 9.69 Å². The Bertz CT molecular complexity index is 1040. The number of hydrogen-bond acceptors (Lipinski definition) is 4. The van der Waals surface area contributed by atoms with E-state index in [1.165, 1.54) is 28.3 Å². The Morgan fingerprint density at radius 2 is 1.57 bits per heavy atom. The average Bonchev–Trinajstić information content (AvgIpc) is 2.77. The van der Waals surface area contributed by atoms with Gasteiger partial charge in [-0.05, 0) is 55.1 Å². The van der Waals surface area contributed by atoms with Gasteiger partial charge in [-0.2, -0.15) is 5.10 Å². The number of para-hydroxylation sites is 1. The molecule has 4 rings (SSSR count). The predicted molar refractivity (Wildman–Crippen MR) is 119 cm³/mol. The summed E-state index contributed by atoms with van der Waals surface area (Å²) in [6.45, 7) is 3.96. The molecule has 3 aromatic rings. The van der Waals surface area contributed by atoms with Crippen LogP contribution in [0.2, 0.25) is 0 Å². The molecule has 1 aromatic heterocycles. The number of aromatic nitrogens is 2. The molecule has 0 spiro atoms. The van der Waals surface area contributed by atoms with Crippen LogP contribution in [-0.4, -0.2) is 32.9 Å². The molecule has 2 aromatic carbocycles. The molecule has 5 nitrogen and oxygen atoms in total. The van der Waals surface area contributed by atoms with Crippen LogP contribution in [0.4, 0.5) is 0 Å². The molecule has 0 saturated heterocycles. The lowest BCUT2D eigenvalue weighted by Crippen LogP contribution is -2.31. The molecule has 0 unspecified atom stereocenters. The Morgan fingerprint density at radius 3 is 2.40 bits per heavy atom. The van der Waals surface area contributed by atoms with Gasteiger partial charge in [0.1, 0.15) is 5.75 Å². The number of fused-ring (bicyclic) bond motifs is 1. The summed E-state index contributed by atoms with van der Waals surface area (Å²) < 4.78 is 1.52. The summed E-state index contributed by atoms with van der Waals surface area (Å²) in [5, 5.41) is 14.5. The highest BCUT2D eigenvalue weighted by Gasteiger charge is 2.14. The summed E-state index contributed by atoms with van der Waals surface area (Å²) in [6.07, 6.45) is 5.51. The lowest BCUT2D eigenvalue weighted by Gasteiger charge is -2.28. The Hall–Kier alpha value is -2.92. The molecule has 0 aliphatic carbocycles. The van der Waals surface area contributed by atoms with Crippen molar-refractivity contribution in [2.24, 2.45) is 0 Å². The first kappa shape index (κ1) is 20.4. The molecule has 0 atom stereocenters. The van der Waals surface area contributed by atoms with Gasteiger partial charge in [-0.15, -0.1) is 0 Å². The third-order valence-corrected chi connectivity index (χ3v) is 5.85. The SMILES string of the molecule is O=c1ccc(-c2ccccc2O)nn1CCCCCCN1CCc2ccccc2C1. The lowest BCUT2D eigenvalue weighted by atomic mass is 10.00. The van der Waals surface area contributed by atoms with Gasteiger partial charge >= 0.3 is 0 Å². The number of aryl methyl sites for hydroxylation is 1. The minimum absolute atomic E-state index is 0.0962. The van der Waals surface area contributed by atoms with Crippen LogP contribution in [0.25, 0.3) is 11.3 Å². The largest absolute Gasteiger partial charge is 0.507 e. The highest BCUT2D eigenvalue weighted by atomic mass is 16.3. The zero-order valence-corrected chi connectivity index (χ0v) is 17.3. The number of benzene rings is 2. The molecule has 0 bridgehead atoms. The van der Waals surface area contributed by atoms with Gasteiger partial charge in [0, 0.05) is 31.3 Å². The summed E-state index contributed by atoms with van der Waals surface area (Å²) in [5.41, 5.74) is 4.14. The number of phenolic OH excluding ortho intramolecular Hbond substituents is 1. The van der Waals surface area contributed by atoms with Gasteiger partial charge < -0.3 is 5.11 Å². The molecule has 0 fully saturated rings. The Morgan fingerprint density at radius 1 is 0.833 bits per heavy atom. The predicted octanol–water partition coefficient (Wildman–Crippen LogP) is 4.23. The molecule has 0 radical (unpaired) electrons. The second-order valence-corrected chi connectivity index (χ2v) is 8.01. The van der Waals surface area contributed by atoms with Crippen LogP contribution in [0.5, 0.6) is 5.75 Å². The van der Waals surface area contributed by atoms with E-state index in [4.69, 9.17) is 0 Å². The van der Waals surface area contributed by atoms with Gasteiger partial charge in [-0.25, -0.2) is 4.68 Å². The van der Waals surface area contributed by atoms with Gasteiger partial charge in [0.15, 0.2) is 0 Å². The van der Waals surface area contributed by atoms with E-state index in [0.29, 0.717) is 17.8 Å². The van der Waals surface area contributed by atoms with Crippen molar-refractivity contribution in [1.29, 1.82) is 0 Å². The fourth-order valence-corrected chi connectivity index (χ4v) is 4.14. The maximum Gasteiger partial charge on any atom is 0.266 e. The van der Waals surface area contributed by atoms with E-state index in [9.17, 15) is 9.90 Å². The van der Waals surface area contributed by atoms with Gasteiger partial charge in [-0.1, -0.05) is 49.2 Å². The summed E-state index contributed by atoms with van der Waals surface area (Å²) in [7, 11) is 0. The van der Waals surface area contributed by atoms with Crippen LogP contribution >= 0.6 is 0 Å². The van der Waals surface area contributed by atoms with Crippen molar-refractivity contribution < 1.29 is 5.11 Å². The van der Waals surface area contributed by atoms with E-state index in [1.807, 2.05) is 12.1 Å². The summed E-state index contributed by atoms with van der Waals surface area (Å²) in [5.74, 6) is 0.176. The van der Waals surface area contributed by atoms with Crippen molar-refractivity contribution in [3.8, 4) is 17.0 Å². The summed E-state index contributed by atoms with van der Waals surface area (Å²) in [6, 6.07) is 19.0. The van der Waals surface area contributed by atoms with Gasteiger partial charge in [0.2, 0.25) is 0 Å². The Kier molecular flexibility index (Phi) is 6.60. The minimum Gasteiger partial charge on any atom is -0.507 e. The molecule has 5 heteroatoms. The van der Waals surface area contributed by atoms with Crippen molar-refractivity contribution >= 4 is 0 Å². The summed E-state index contributed by atoms with van der Waals surface area (Å²) in [4.78, 5) is 14.7. The minimum atomic E-state index is -0.0962. The number of phenols is 1. The maximum atomic E-state index is 12.1. The fourth-order valence-electron chi connectivity index (χ4n) is 4.14. The quantitative estimate of drug-likeness (QED) is 0.572. The van der Waals surface area contributed by atoms with Crippen LogP contribution < -0.4 is 5.56 Å². The van der Waals surface area contributed by atoms with Gasteiger partial charge in [0.05, 0.1) is 5.69 Å². The molecule has 1 N–H and O–H groups in total. The topological polar surface area (TPSA) is 58.4 Å². The summed E-state index contributed by atoms with van der Waals surface area (Å²) >= 11 is 0. The second kappa shape index (κ2) is 9.72. The number of nitrogens with zero attached hydrogens (tertiary/aromatic N) is 3. The van der Waals surface area contributed by atoms with E-state index < -0.39 is 0 Å². The van der Waals surface area contributed by atoms with E-state index in [-0.39, 0.29) is 11.3 Å². The van der Waals surface area contributed by atoms with Gasteiger partial charge in [0.25, 0.3) is 5.56 Å². The highest BCUT2D eigenvalue weighted by Crippen LogP contribution is 2.26. The van der Waals surface area contributed by atoms with Crippen molar-refractivity contribution in [1.82, 2.24) is 14.7 Å². The van der Waals surface area contributed by atoms with E-state index in [0.717, 1.165) is 45.3 Å². The highest BCUT2D eigenvalue weighted by molar-refractivity contribution is 5.65. The lowest BCUT2D eigenvalue weighted by molar-refractivity contribution is 0.247. The molecular formula is C25H29N3O2. The first-order chi connectivity index (χ1) is 14.7. The average molecular weight is 404 g/mol. The van der Waals surface area contributed by atoms with Crippen LogP contribution in [0.1, 0.15) is 36.8 Å². The molecule has 0 amide bonds. The van der Waals surface area contributed by atoms with E-state index >= 15 is 0 Å². The number of rotatable bonds is 8. The fraction of sp³-hybridized carbons (Fsp3) is 0.360. The van der Waals surface area contributed by atoms with Crippen LogP contribution in [0.3, 0.4) is 0 Å². The molecule has 156 valence electrons. The Labute approximate surface area is 177 Å². The molecule has 30 heavy (non-hydrogen) atoms. The zero-order valence-electron chi connectivity index (χ0n) is 17.3. The number of hydrogen-bond donors (Lipinski definition) is 1. The van der Waals surface area contributed by atoms with E-state index in [1.54, 1.807) is 18.2 Å². The first-order valence-corrected chi connectivity index (χ1v) is 10.9. The van der Waals surface area contributed by atoms with Crippen LogP contribution in [0.15, 0.2) is 65.5 Å². The normalized spacial score (nSPS) is 13.9. The smallest absolute Gasteiger partial charge is 0.266 e. The third kappa shape index (κ3) is 4.97. The van der Waals surface area contributed by atoms with Crippen molar-refractivity contribution in [2.75, 3.05) is 13.1 Å². The van der Waals surface area contributed by atoms with Crippen LogP contribution in [0, 0.1) is 0 Å². The van der Waals surface area contributed by atoms with Crippen molar-refractivity contribution in [3.63, 3.8) is 0 Å². The van der Waals surface area contributed by atoms with Crippen molar-refractivity contribution in [3.05, 3.63) is 82.1 Å². The molecule has 0 saturated carbocycles. The number of unbranched alkanes of at least 4 members (excludes halogenated alkanes) is 3.